The third-order valence-corrected chi connectivity index (χ3v) is 4.81. The van der Waals surface area contributed by atoms with Crippen LogP contribution < -0.4 is 10.2 Å². The van der Waals surface area contributed by atoms with Crippen LogP contribution in [0.15, 0.2) is 66.9 Å². The number of nitrogens with one attached hydrogen (secondary N) is 2. The molecular weight excluding hydrogens is 334 g/mol. The molecule has 0 unspecified atom stereocenters. The molecule has 1 aliphatic heterocycles. The van der Waals surface area contributed by atoms with Gasteiger partial charge in [-0.1, -0.05) is 37.8 Å². The van der Waals surface area contributed by atoms with E-state index >= 15 is 0 Å². The quantitative estimate of drug-likeness (QED) is 0.491. The van der Waals surface area contributed by atoms with Crippen molar-refractivity contribution in [1.82, 2.24) is 15.0 Å². The summed E-state index contributed by atoms with van der Waals surface area (Å²) in [7, 11) is 0. The fraction of sp³-hybridized carbons (Fsp3) is 0.182. The van der Waals surface area contributed by atoms with Gasteiger partial charge >= 0.3 is 0 Å². The number of nitrogens with zero attached hydrogens (tertiary/aromatic N) is 3. The summed E-state index contributed by atoms with van der Waals surface area (Å²) in [5, 5.41) is 5.48. The molecule has 0 saturated carbocycles. The van der Waals surface area contributed by atoms with Crippen LogP contribution in [0.25, 0.3) is 21.9 Å². The maximum atomic E-state index is 4.62. The van der Waals surface area contributed by atoms with Gasteiger partial charge in [0.25, 0.3) is 0 Å². The van der Waals surface area contributed by atoms with Gasteiger partial charge in [0.15, 0.2) is 0 Å². The van der Waals surface area contributed by atoms with Crippen molar-refractivity contribution in [3.63, 3.8) is 0 Å². The molecule has 0 aliphatic carbocycles. The van der Waals surface area contributed by atoms with E-state index in [0.717, 1.165) is 47.1 Å². The van der Waals surface area contributed by atoms with Crippen molar-refractivity contribution < 1.29 is 0 Å². The molecule has 0 spiro atoms. The topological polar surface area (TPSA) is 56.8 Å². The molecule has 2 N–H and O–H groups in total. The van der Waals surface area contributed by atoms with Crippen LogP contribution in [0.4, 0.5) is 17.3 Å². The van der Waals surface area contributed by atoms with Crippen molar-refractivity contribution in [2.24, 2.45) is 0 Å². The molecule has 0 fully saturated rings. The smallest absolute Gasteiger partial charge is 0.229 e. The van der Waals surface area contributed by atoms with Gasteiger partial charge in [0, 0.05) is 47.0 Å². The lowest BCUT2D eigenvalue weighted by Crippen LogP contribution is -2.26. The summed E-state index contributed by atoms with van der Waals surface area (Å²) in [6.45, 7) is 2.05. The Balaban J connectivity index is 0.00000180. The predicted molar refractivity (Wildman–Crippen MR) is 114 cm³/mol. The molecule has 4 aromatic rings. The van der Waals surface area contributed by atoms with Crippen LogP contribution >= 0.6 is 0 Å². The van der Waals surface area contributed by atoms with E-state index in [-0.39, 0.29) is 7.43 Å². The van der Waals surface area contributed by atoms with Crippen molar-refractivity contribution >= 4 is 39.3 Å². The van der Waals surface area contributed by atoms with Gasteiger partial charge in [0.1, 0.15) is 5.65 Å². The predicted octanol–water partition coefficient (Wildman–Crippen LogP) is 5.26. The van der Waals surface area contributed by atoms with Gasteiger partial charge in [0.2, 0.25) is 5.95 Å². The standard InChI is InChI=1S/C21H19N5.CH4/c1-4-12-26(13-5-1)16-10-8-15(9-11-16)23-21-22-14-18-17-6-2-3-7-19(17)24-20(18)25-21;/h1-4,6-11,14H,5,12-13H2,(H2,22,23,24,25);1H4. The normalized spacial score (nSPS) is 13.7. The largest absolute Gasteiger partial charge is 0.367 e. The summed E-state index contributed by atoms with van der Waals surface area (Å²) in [5.74, 6) is 0.595. The number of fused-ring (bicyclic) bond motifs is 3. The summed E-state index contributed by atoms with van der Waals surface area (Å²) in [5.41, 5.74) is 4.15. The molecule has 136 valence electrons. The van der Waals surface area contributed by atoms with Gasteiger partial charge in [-0.15, -0.1) is 0 Å². The molecule has 1 aliphatic rings. The Labute approximate surface area is 158 Å². The monoisotopic (exact) mass is 357 g/mol. The minimum Gasteiger partial charge on any atom is -0.367 e. The number of hydrogen-bond donors (Lipinski definition) is 2. The van der Waals surface area contributed by atoms with E-state index in [0.29, 0.717) is 5.95 Å². The van der Waals surface area contributed by atoms with Gasteiger partial charge in [-0.05, 0) is 36.8 Å². The van der Waals surface area contributed by atoms with Gasteiger partial charge < -0.3 is 15.2 Å². The Morgan fingerprint density at radius 3 is 2.63 bits per heavy atom. The van der Waals surface area contributed by atoms with Crippen LogP contribution in [-0.2, 0) is 0 Å². The van der Waals surface area contributed by atoms with Crippen molar-refractivity contribution in [2.45, 2.75) is 13.8 Å². The average Bonchev–Trinajstić information content (AvgIpc) is 3.07. The third kappa shape index (κ3) is 3.24. The van der Waals surface area contributed by atoms with Crippen LogP contribution in [0.5, 0.6) is 0 Å². The minimum absolute atomic E-state index is 0. The third-order valence-electron chi connectivity index (χ3n) is 4.81. The Bertz CT molecular complexity index is 1090. The lowest BCUT2D eigenvalue weighted by molar-refractivity contribution is 0.821. The summed E-state index contributed by atoms with van der Waals surface area (Å²) >= 11 is 0. The number of rotatable bonds is 3. The second kappa shape index (κ2) is 7.11. The number of benzene rings is 2. The summed E-state index contributed by atoms with van der Waals surface area (Å²) in [6.07, 6.45) is 7.44. The molecule has 3 heterocycles. The Kier molecular flexibility index (Phi) is 4.50. The van der Waals surface area contributed by atoms with Gasteiger partial charge in [-0.2, -0.15) is 4.98 Å². The lowest BCUT2D eigenvalue weighted by atomic mass is 10.2. The van der Waals surface area contributed by atoms with Crippen LogP contribution in [0, 0.1) is 0 Å². The number of H-pyrrole nitrogens is 1. The molecule has 0 bridgehead atoms. The van der Waals surface area contributed by atoms with Crippen LogP contribution in [-0.4, -0.2) is 28.0 Å². The molecule has 0 saturated heterocycles. The van der Waals surface area contributed by atoms with Crippen molar-refractivity contribution in [2.75, 3.05) is 23.3 Å². The van der Waals surface area contributed by atoms with E-state index in [1.807, 2.05) is 18.3 Å². The fourth-order valence-corrected chi connectivity index (χ4v) is 3.45. The minimum atomic E-state index is 0. The van der Waals surface area contributed by atoms with Crippen LogP contribution in [0.3, 0.4) is 0 Å². The van der Waals surface area contributed by atoms with Gasteiger partial charge in [0.05, 0.1) is 0 Å². The van der Waals surface area contributed by atoms with Crippen molar-refractivity contribution in [3.8, 4) is 0 Å². The number of aromatic nitrogens is 3. The first kappa shape index (κ1) is 17.1. The highest BCUT2D eigenvalue weighted by Crippen LogP contribution is 2.25. The molecule has 5 rings (SSSR count). The molecule has 5 heteroatoms. The number of aromatic amines is 1. The average molecular weight is 357 g/mol. The maximum Gasteiger partial charge on any atom is 0.229 e. The van der Waals surface area contributed by atoms with Crippen molar-refractivity contribution in [3.05, 3.63) is 66.9 Å². The SMILES string of the molecule is C.C1=CCN(c2ccc(Nc3ncc4c(n3)[nH]c3ccccc34)cc2)CC1. The van der Waals surface area contributed by atoms with Gasteiger partial charge in [-0.3, -0.25) is 0 Å². The number of hydrogen-bond acceptors (Lipinski definition) is 4. The summed E-state index contributed by atoms with van der Waals surface area (Å²) in [4.78, 5) is 14.8. The lowest BCUT2D eigenvalue weighted by Gasteiger charge is -2.25. The Morgan fingerprint density at radius 2 is 1.81 bits per heavy atom. The van der Waals surface area contributed by atoms with E-state index < -0.39 is 0 Å². The maximum absolute atomic E-state index is 4.62. The Hall–Kier alpha value is -3.34. The zero-order chi connectivity index (χ0) is 17.3. The van der Waals surface area contributed by atoms with Crippen LogP contribution in [0.1, 0.15) is 13.8 Å². The van der Waals surface area contributed by atoms with E-state index in [2.05, 4.69) is 73.7 Å². The highest BCUT2D eigenvalue weighted by Gasteiger charge is 2.09. The highest BCUT2D eigenvalue weighted by atomic mass is 15.1. The molecule has 27 heavy (non-hydrogen) atoms. The molecule has 2 aromatic heterocycles. The first-order valence-electron chi connectivity index (χ1n) is 8.87. The van der Waals surface area contributed by atoms with Crippen LogP contribution in [0.2, 0.25) is 0 Å². The zero-order valence-corrected chi connectivity index (χ0v) is 14.3. The number of anilines is 3. The van der Waals surface area contributed by atoms with E-state index in [4.69, 9.17) is 0 Å². The van der Waals surface area contributed by atoms with Gasteiger partial charge in [-0.25, -0.2) is 4.98 Å². The molecular formula is C22H23N5. The number of para-hydroxylation sites is 1. The second-order valence-electron chi connectivity index (χ2n) is 6.50. The fourth-order valence-electron chi connectivity index (χ4n) is 3.45. The summed E-state index contributed by atoms with van der Waals surface area (Å²) in [6, 6.07) is 16.6. The Morgan fingerprint density at radius 1 is 0.963 bits per heavy atom. The van der Waals surface area contributed by atoms with E-state index in [1.165, 1.54) is 5.69 Å². The molecule has 2 aromatic carbocycles. The molecule has 0 atom stereocenters. The van der Waals surface area contributed by atoms with E-state index in [1.54, 1.807) is 0 Å². The second-order valence-corrected chi connectivity index (χ2v) is 6.50. The summed E-state index contributed by atoms with van der Waals surface area (Å²) < 4.78 is 0. The zero-order valence-electron chi connectivity index (χ0n) is 14.3. The molecule has 5 nitrogen and oxygen atoms in total. The molecule has 0 amide bonds. The highest BCUT2D eigenvalue weighted by molar-refractivity contribution is 6.05. The van der Waals surface area contributed by atoms with E-state index in [9.17, 15) is 0 Å². The first-order chi connectivity index (χ1) is 12.9. The first-order valence-corrected chi connectivity index (χ1v) is 8.87. The molecule has 0 radical (unpaired) electrons. The van der Waals surface area contributed by atoms with Crippen molar-refractivity contribution in [1.29, 1.82) is 0 Å².